The number of rotatable bonds is 6. The van der Waals surface area contributed by atoms with E-state index in [-0.39, 0.29) is 0 Å². The van der Waals surface area contributed by atoms with E-state index in [4.69, 9.17) is 21.7 Å². The second kappa shape index (κ2) is 6.31. The molecule has 1 unspecified atom stereocenters. The van der Waals surface area contributed by atoms with Crippen LogP contribution >= 0.6 is 12.2 Å². The monoisotopic (exact) mass is 294 g/mol. The van der Waals surface area contributed by atoms with Crippen molar-refractivity contribution >= 4 is 23.3 Å². The van der Waals surface area contributed by atoms with E-state index < -0.39 is 0 Å². The molecule has 0 saturated carbocycles. The molecule has 2 aromatic rings. The fourth-order valence-corrected chi connectivity index (χ4v) is 2.91. The van der Waals surface area contributed by atoms with Gasteiger partial charge in [-0.1, -0.05) is 19.8 Å². The largest absolute Gasteiger partial charge is 0.493 e. The molecule has 20 heavy (non-hydrogen) atoms. The summed E-state index contributed by atoms with van der Waals surface area (Å²) in [7, 11) is 3.29. The minimum atomic E-state index is 0.370. The molecular formula is C15H22N2O2S. The van der Waals surface area contributed by atoms with E-state index in [2.05, 4.69) is 23.4 Å². The summed E-state index contributed by atoms with van der Waals surface area (Å²) in [5.41, 5.74) is 2.05. The van der Waals surface area contributed by atoms with Gasteiger partial charge in [0.25, 0.3) is 0 Å². The molecule has 0 radical (unpaired) electrons. The molecule has 1 aromatic carbocycles. The van der Waals surface area contributed by atoms with Crippen molar-refractivity contribution in [2.75, 3.05) is 14.2 Å². The van der Waals surface area contributed by atoms with Crippen molar-refractivity contribution in [1.29, 1.82) is 0 Å². The highest BCUT2D eigenvalue weighted by molar-refractivity contribution is 7.71. The SMILES string of the molecule is CCCCC(C)n1c(=S)[nH]c2cc(OC)c(OC)cc21. The van der Waals surface area contributed by atoms with Gasteiger partial charge in [0.2, 0.25) is 0 Å². The van der Waals surface area contributed by atoms with Gasteiger partial charge in [0, 0.05) is 18.2 Å². The molecule has 110 valence electrons. The average molecular weight is 294 g/mol. The van der Waals surface area contributed by atoms with E-state index in [1.54, 1.807) is 14.2 Å². The summed E-state index contributed by atoms with van der Waals surface area (Å²) in [6.07, 6.45) is 3.51. The fourth-order valence-electron chi connectivity index (χ4n) is 2.52. The number of hydrogen-bond donors (Lipinski definition) is 1. The van der Waals surface area contributed by atoms with Crippen LogP contribution in [-0.4, -0.2) is 23.8 Å². The molecule has 0 amide bonds. The number of fused-ring (bicyclic) bond motifs is 1. The van der Waals surface area contributed by atoms with Gasteiger partial charge in [-0.3, -0.25) is 0 Å². The maximum atomic E-state index is 5.46. The first-order valence-corrected chi connectivity index (χ1v) is 7.39. The molecule has 1 N–H and O–H groups in total. The van der Waals surface area contributed by atoms with Crippen LogP contribution in [0, 0.1) is 4.77 Å². The van der Waals surface area contributed by atoms with E-state index in [1.165, 1.54) is 12.8 Å². The molecule has 4 nitrogen and oxygen atoms in total. The Bertz CT molecular complexity index is 645. The second-order valence-corrected chi connectivity index (χ2v) is 5.40. The van der Waals surface area contributed by atoms with Crippen molar-refractivity contribution in [2.24, 2.45) is 0 Å². The molecule has 0 aliphatic carbocycles. The normalized spacial score (nSPS) is 12.6. The Morgan fingerprint density at radius 3 is 2.50 bits per heavy atom. The predicted molar refractivity (Wildman–Crippen MR) is 84.5 cm³/mol. The van der Waals surface area contributed by atoms with Gasteiger partial charge in [0.15, 0.2) is 16.3 Å². The van der Waals surface area contributed by atoms with Crippen LogP contribution in [0.2, 0.25) is 0 Å². The maximum Gasteiger partial charge on any atom is 0.178 e. The van der Waals surface area contributed by atoms with Crippen molar-refractivity contribution in [1.82, 2.24) is 9.55 Å². The zero-order valence-electron chi connectivity index (χ0n) is 12.5. The first-order valence-electron chi connectivity index (χ1n) is 6.98. The Labute approximate surface area is 124 Å². The molecule has 0 aliphatic rings. The minimum Gasteiger partial charge on any atom is -0.493 e. The van der Waals surface area contributed by atoms with Crippen molar-refractivity contribution in [2.45, 2.75) is 39.2 Å². The fraction of sp³-hybridized carbons (Fsp3) is 0.533. The summed E-state index contributed by atoms with van der Waals surface area (Å²) < 4.78 is 13.6. The number of nitrogens with one attached hydrogen (secondary N) is 1. The summed E-state index contributed by atoms with van der Waals surface area (Å²) in [6.45, 7) is 4.41. The molecule has 0 spiro atoms. The number of aromatic nitrogens is 2. The summed E-state index contributed by atoms with van der Waals surface area (Å²) in [4.78, 5) is 3.25. The Kier molecular flexibility index (Phi) is 4.70. The van der Waals surface area contributed by atoms with E-state index in [1.807, 2.05) is 12.1 Å². The summed E-state index contributed by atoms with van der Waals surface area (Å²) in [6, 6.07) is 4.30. The lowest BCUT2D eigenvalue weighted by atomic mass is 10.1. The summed E-state index contributed by atoms with van der Waals surface area (Å²) >= 11 is 5.46. The lowest BCUT2D eigenvalue weighted by Crippen LogP contribution is -2.05. The summed E-state index contributed by atoms with van der Waals surface area (Å²) in [5, 5.41) is 0. The number of nitrogens with zero attached hydrogens (tertiary/aromatic N) is 1. The summed E-state index contributed by atoms with van der Waals surface area (Å²) in [5.74, 6) is 1.44. The quantitative estimate of drug-likeness (QED) is 0.799. The van der Waals surface area contributed by atoms with E-state index in [0.29, 0.717) is 11.8 Å². The van der Waals surface area contributed by atoms with Crippen LogP contribution in [-0.2, 0) is 0 Å². The van der Waals surface area contributed by atoms with Gasteiger partial charge >= 0.3 is 0 Å². The Hall–Kier alpha value is -1.49. The van der Waals surface area contributed by atoms with Gasteiger partial charge in [0.1, 0.15) is 0 Å². The third-order valence-electron chi connectivity index (χ3n) is 3.64. The Morgan fingerprint density at radius 2 is 1.90 bits per heavy atom. The van der Waals surface area contributed by atoms with Crippen LogP contribution in [0.5, 0.6) is 11.5 Å². The highest BCUT2D eigenvalue weighted by Crippen LogP contribution is 2.33. The number of H-pyrrole nitrogens is 1. The predicted octanol–water partition coefficient (Wildman–Crippen LogP) is 4.47. The number of benzene rings is 1. The zero-order valence-corrected chi connectivity index (χ0v) is 13.3. The van der Waals surface area contributed by atoms with Gasteiger partial charge in [-0.25, -0.2) is 0 Å². The second-order valence-electron chi connectivity index (χ2n) is 5.02. The third kappa shape index (κ3) is 2.68. The van der Waals surface area contributed by atoms with E-state index in [0.717, 1.165) is 28.0 Å². The first-order chi connectivity index (χ1) is 9.62. The molecule has 1 atom stereocenters. The smallest absolute Gasteiger partial charge is 0.178 e. The van der Waals surface area contributed by atoms with Crippen LogP contribution in [0.15, 0.2) is 12.1 Å². The van der Waals surface area contributed by atoms with Gasteiger partial charge < -0.3 is 19.0 Å². The van der Waals surface area contributed by atoms with Crippen LogP contribution in [0.3, 0.4) is 0 Å². The van der Waals surface area contributed by atoms with E-state index >= 15 is 0 Å². The highest BCUT2D eigenvalue weighted by atomic mass is 32.1. The number of aromatic amines is 1. The van der Waals surface area contributed by atoms with Crippen molar-refractivity contribution in [3.05, 3.63) is 16.9 Å². The van der Waals surface area contributed by atoms with Gasteiger partial charge in [-0.15, -0.1) is 0 Å². The van der Waals surface area contributed by atoms with Crippen molar-refractivity contribution in [3.63, 3.8) is 0 Å². The van der Waals surface area contributed by atoms with Crippen molar-refractivity contribution in [3.8, 4) is 11.5 Å². The van der Waals surface area contributed by atoms with E-state index in [9.17, 15) is 0 Å². The molecule has 0 bridgehead atoms. The lowest BCUT2D eigenvalue weighted by Gasteiger charge is -2.15. The van der Waals surface area contributed by atoms with Crippen LogP contribution in [0.1, 0.15) is 39.2 Å². The molecule has 0 fully saturated rings. The zero-order chi connectivity index (χ0) is 14.7. The number of imidazole rings is 1. The molecular weight excluding hydrogens is 272 g/mol. The molecule has 1 heterocycles. The first kappa shape index (κ1) is 14.9. The van der Waals surface area contributed by atoms with Gasteiger partial charge in [0.05, 0.1) is 25.3 Å². The van der Waals surface area contributed by atoms with Gasteiger partial charge in [-0.2, -0.15) is 0 Å². The minimum absolute atomic E-state index is 0.370. The molecule has 2 rings (SSSR count). The Balaban J connectivity index is 2.54. The maximum absolute atomic E-state index is 5.46. The van der Waals surface area contributed by atoms with Crippen LogP contribution in [0.4, 0.5) is 0 Å². The molecule has 0 aliphatic heterocycles. The topological polar surface area (TPSA) is 39.2 Å². The third-order valence-corrected chi connectivity index (χ3v) is 3.94. The Morgan fingerprint density at radius 1 is 1.25 bits per heavy atom. The average Bonchev–Trinajstić information content (AvgIpc) is 2.77. The molecule has 1 aromatic heterocycles. The lowest BCUT2D eigenvalue weighted by molar-refractivity contribution is 0.355. The van der Waals surface area contributed by atoms with Crippen LogP contribution in [0.25, 0.3) is 11.0 Å². The molecule has 0 saturated heterocycles. The molecule has 5 heteroatoms. The standard InChI is InChI=1S/C15H22N2O2S/c1-5-6-7-10(2)17-12-9-14(19-4)13(18-3)8-11(12)16-15(17)20/h8-10H,5-7H2,1-4H3,(H,16,20). The number of ether oxygens (including phenoxy) is 2. The number of unbranched alkanes of at least 4 members (excludes halogenated alkanes) is 1. The van der Waals surface area contributed by atoms with Crippen LogP contribution < -0.4 is 9.47 Å². The van der Waals surface area contributed by atoms with Gasteiger partial charge in [-0.05, 0) is 25.6 Å². The van der Waals surface area contributed by atoms with Crippen molar-refractivity contribution < 1.29 is 9.47 Å². The number of methoxy groups -OCH3 is 2. The highest BCUT2D eigenvalue weighted by Gasteiger charge is 2.14. The number of hydrogen-bond acceptors (Lipinski definition) is 3.